The van der Waals surface area contributed by atoms with Crippen LogP contribution >= 0.6 is 103 Å². The molecular formula is C111H118Br5Cl2N13O3. The number of benzene rings is 10. The van der Waals surface area contributed by atoms with E-state index in [9.17, 15) is 9.59 Å². The van der Waals surface area contributed by atoms with Crippen molar-refractivity contribution < 1.29 is 14.3 Å². The van der Waals surface area contributed by atoms with Gasteiger partial charge in [0, 0.05) is 173 Å². The maximum Gasteiger partial charge on any atom is 0.318 e. The number of anilines is 1. The molecule has 5 aliphatic heterocycles. The van der Waals surface area contributed by atoms with Gasteiger partial charge in [-0.1, -0.05) is 275 Å². The molecular weight excluding hydrogens is 2030 g/mol. The Morgan fingerprint density at radius 1 is 0.410 bits per heavy atom. The SMILES string of the molecule is C.C.C.C=C(OC)N1CCc2c([nH]c3ccc(Br)cc23)C1c1ccccc1.CC(=O)N1CCc2c([nH]c3ccc(Br)cc23)C1c1ccc(C(C)C)cc1.CC(C)c1ccc(C2c3[nH]c4ccc(Br)cc4c3CCN2c2ncccn2)cc1.CN1CCc2c([nH]c3ccc(Br)cc23)C1c1ccc(Cl)cc1.O=C(NC1CCCCC1)N1CCc2c([nH]c3ccc(Br)cc23)C1c1cccc(Cl)c1. The zero-order chi connectivity index (χ0) is 91.0. The van der Waals surface area contributed by atoms with Crippen molar-refractivity contribution >= 4 is 175 Å². The van der Waals surface area contributed by atoms with E-state index in [0.717, 1.165) is 138 Å². The van der Waals surface area contributed by atoms with E-state index in [4.69, 9.17) is 27.9 Å². The number of likely N-dealkylation sites (N-methyl/N-ethyl adjacent to an activating group) is 1. The first-order valence-corrected chi connectivity index (χ1v) is 50.0. The van der Waals surface area contributed by atoms with Crippen molar-refractivity contribution in [3.63, 3.8) is 0 Å². The Bertz CT molecular complexity index is 6850. The molecule has 0 saturated heterocycles. The molecule has 22 rings (SSSR count). The van der Waals surface area contributed by atoms with E-state index in [1.165, 1.54) is 135 Å². The molecule has 694 valence electrons. The van der Waals surface area contributed by atoms with Crippen molar-refractivity contribution in [1.82, 2.24) is 59.8 Å². The summed E-state index contributed by atoms with van der Waals surface area (Å²) < 4.78 is 11.0. The lowest BCUT2D eigenvalue weighted by molar-refractivity contribution is -0.130. The van der Waals surface area contributed by atoms with Crippen LogP contribution in [0.4, 0.5) is 10.7 Å². The van der Waals surface area contributed by atoms with E-state index in [2.05, 4.69) is 352 Å². The van der Waals surface area contributed by atoms with Gasteiger partial charge >= 0.3 is 6.03 Å². The van der Waals surface area contributed by atoms with E-state index in [-0.39, 0.29) is 70.5 Å². The average molecular weight is 2150 g/mol. The topological polar surface area (TPSA) is 176 Å². The van der Waals surface area contributed by atoms with Gasteiger partial charge in [0.2, 0.25) is 11.9 Å². The number of carbonyl (C=O) groups is 2. The smallest absolute Gasteiger partial charge is 0.318 e. The fourth-order valence-corrected chi connectivity index (χ4v) is 22.5. The molecule has 5 unspecified atom stereocenters. The van der Waals surface area contributed by atoms with Crippen molar-refractivity contribution in [3.8, 4) is 0 Å². The molecule has 0 spiro atoms. The van der Waals surface area contributed by atoms with Crippen LogP contribution in [0, 0.1) is 0 Å². The lowest BCUT2D eigenvalue weighted by Crippen LogP contribution is -2.49. The van der Waals surface area contributed by atoms with E-state index < -0.39 is 0 Å². The van der Waals surface area contributed by atoms with Gasteiger partial charge in [0.15, 0.2) is 5.88 Å². The Kier molecular flexibility index (Phi) is 31.6. The van der Waals surface area contributed by atoms with E-state index >= 15 is 0 Å². The second-order valence-electron chi connectivity index (χ2n) is 35.7. The lowest BCUT2D eigenvalue weighted by atomic mass is 9.91. The molecule has 16 aromatic rings. The summed E-state index contributed by atoms with van der Waals surface area (Å²) in [6.45, 7) is 18.9. The third-order valence-electron chi connectivity index (χ3n) is 27.0. The number of nitrogens with one attached hydrogen (secondary N) is 6. The van der Waals surface area contributed by atoms with Gasteiger partial charge in [-0.25, -0.2) is 14.8 Å². The number of halogens is 7. The highest BCUT2D eigenvalue weighted by Gasteiger charge is 2.40. The molecule has 0 bridgehead atoms. The first-order valence-electron chi connectivity index (χ1n) is 45.3. The average Bonchev–Trinajstić information content (AvgIpc) is 1.60. The second kappa shape index (κ2) is 43.0. The molecule has 23 heteroatoms. The van der Waals surface area contributed by atoms with Crippen LogP contribution in [0.15, 0.2) is 272 Å². The van der Waals surface area contributed by atoms with Crippen molar-refractivity contribution in [2.75, 3.05) is 51.8 Å². The molecule has 5 atom stereocenters. The van der Waals surface area contributed by atoms with Gasteiger partial charge < -0.3 is 54.6 Å². The minimum Gasteiger partial charge on any atom is -0.483 e. The van der Waals surface area contributed by atoms with Crippen LogP contribution in [0.1, 0.15) is 226 Å². The Labute approximate surface area is 839 Å². The van der Waals surface area contributed by atoms with Crippen LogP contribution in [0.3, 0.4) is 0 Å². The highest BCUT2D eigenvalue weighted by Crippen LogP contribution is 2.47. The summed E-state index contributed by atoms with van der Waals surface area (Å²) in [6.07, 6.45) is 14.2. The molecule has 10 aromatic carbocycles. The number of amides is 3. The minimum atomic E-state index is -0.179. The summed E-state index contributed by atoms with van der Waals surface area (Å²) >= 11 is 30.4. The summed E-state index contributed by atoms with van der Waals surface area (Å²) in [4.78, 5) is 64.0. The maximum atomic E-state index is 13.4. The quantitative estimate of drug-likeness (QED) is 0.0694. The van der Waals surface area contributed by atoms with Crippen LogP contribution in [-0.4, -0.2) is 119 Å². The number of ether oxygens (including phenoxy) is 1. The third-order valence-corrected chi connectivity index (χ3v) is 29.9. The first-order chi connectivity index (χ1) is 63.5. The Hall–Kier alpha value is -10.2. The molecule has 6 aliphatic rings. The number of aromatic nitrogens is 7. The van der Waals surface area contributed by atoms with Gasteiger partial charge in [0.05, 0.1) is 37.3 Å². The van der Waals surface area contributed by atoms with Crippen molar-refractivity contribution in [2.45, 2.75) is 169 Å². The number of aromatic amines is 5. The van der Waals surface area contributed by atoms with Crippen LogP contribution in [0.5, 0.6) is 0 Å². The molecule has 3 amide bonds. The van der Waals surface area contributed by atoms with Crippen molar-refractivity contribution in [1.29, 1.82) is 0 Å². The summed E-state index contributed by atoms with van der Waals surface area (Å²) in [7, 11) is 3.87. The molecule has 134 heavy (non-hydrogen) atoms. The fraction of sp³-hybridized carbons (Fsp3) is 0.297. The highest BCUT2D eigenvalue weighted by atomic mass is 79.9. The van der Waals surface area contributed by atoms with Crippen LogP contribution < -0.4 is 10.2 Å². The Morgan fingerprint density at radius 2 is 0.776 bits per heavy atom. The zero-order valence-electron chi connectivity index (χ0n) is 74.5. The summed E-state index contributed by atoms with van der Waals surface area (Å²) in [6, 6.07) is 78.7. The molecule has 0 radical (unpaired) electrons. The molecule has 6 N–H and O–H groups in total. The number of hydrogen-bond donors (Lipinski definition) is 6. The van der Waals surface area contributed by atoms with Gasteiger partial charge in [-0.3, -0.25) is 9.69 Å². The predicted molar refractivity (Wildman–Crippen MR) is 573 cm³/mol. The Morgan fingerprint density at radius 3 is 1.21 bits per heavy atom. The number of nitrogens with zero attached hydrogens (tertiary/aromatic N) is 7. The number of rotatable bonds is 11. The highest BCUT2D eigenvalue weighted by molar-refractivity contribution is 9.11. The largest absolute Gasteiger partial charge is 0.483 e. The van der Waals surface area contributed by atoms with Gasteiger partial charge in [-0.2, -0.15) is 0 Å². The standard InChI is InChI=1S/C24H25BrClN3O.C24H23BrN4.C22H23BrN2O.C20H19BrN2O.C18H16BrClN2.3CH4/c25-16-9-10-21-20(14-16)19-11-12-29(24(30)27-18-7-2-1-3-8-18)23(22(19)28-21)15-5-4-6-17(26)13-15;1-15(2)16-4-6-17(7-5-16)23-22-19(20-14-18(25)8-9-21(20)28-22)10-13-29(23)24-26-11-3-12-27-24;1-13(2)15-4-6-16(7-5-15)22-21-18(10-11-25(22)14(3)26)19-12-17(23)8-9-20(19)24-21;1-13(24-2)23-11-10-16-17-12-15(21)8-9-18(17)22-19(16)20(23)14-6-4-3-5-7-14;1-22-9-8-14-15-10-12(19)4-7-16(15)21-17(14)18(22)11-2-5-13(20)6-3-11;;;/h4-6,9-10,13-14,18,23,28H,1-3,7-8,11-12H2,(H,27,30);3-9,11-12,14-15,23,28H,10,13H2,1-2H3;4-9,12-13,22,24H,10-11H2,1-3H3;3-9,12,20,22H,1,10-11H2,2H3;2-7,10,18,21H,8-9H2,1H3;3*1H4. The monoisotopic (exact) mass is 2150 g/mol. The summed E-state index contributed by atoms with van der Waals surface area (Å²) in [5, 5.41) is 11.2. The lowest BCUT2D eigenvalue weighted by Gasteiger charge is -2.37. The molecule has 6 aromatic heterocycles. The molecule has 1 fully saturated rings. The van der Waals surface area contributed by atoms with E-state index in [1.54, 1.807) is 14.0 Å². The van der Waals surface area contributed by atoms with Gasteiger partial charge in [-0.05, 0) is 258 Å². The molecule has 16 nitrogen and oxygen atoms in total. The van der Waals surface area contributed by atoms with Gasteiger partial charge in [-0.15, -0.1) is 0 Å². The van der Waals surface area contributed by atoms with Crippen LogP contribution in [-0.2, 0) is 41.6 Å². The van der Waals surface area contributed by atoms with E-state index in [0.29, 0.717) is 29.3 Å². The molecule has 1 aliphatic carbocycles. The number of hydrogen-bond acceptors (Lipinski definition) is 8. The first kappa shape index (κ1) is 98.3. The number of methoxy groups -OCH3 is 1. The van der Waals surface area contributed by atoms with Crippen LogP contribution in [0.2, 0.25) is 10.0 Å². The molecule has 11 heterocycles. The summed E-state index contributed by atoms with van der Waals surface area (Å²) in [5.41, 5.74) is 27.3. The molecule has 1 saturated carbocycles. The van der Waals surface area contributed by atoms with E-state index in [1.807, 2.05) is 70.7 Å². The van der Waals surface area contributed by atoms with Crippen molar-refractivity contribution in [2.24, 2.45) is 0 Å². The van der Waals surface area contributed by atoms with Gasteiger partial charge in [0.1, 0.15) is 0 Å². The fourth-order valence-electron chi connectivity index (χ4n) is 20.4. The number of carbonyl (C=O) groups excluding carboxylic acids is 2. The Balaban J connectivity index is 0.000000128. The minimum absolute atomic E-state index is 0. The zero-order valence-corrected chi connectivity index (χ0v) is 83.9. The maximum absolute atomic E-state index is 13.4. The number of fused-ring (bicyclic) bond motifs is 15. The number of urea groups is 1. The van der Waals surface area contributed by atoms with Gasteiger partial charge in [0.25, 0.3) is 0 Å². The normalized spacial score (nSPS) is 17.3. The number of H-pyrrole nitrogens is 5. The third kappa shape index (κ3) is 20.6. The summed E-state index contributed by atoms with van der Waals surface area (Å²) in [5.74, 6) is 2.61. The predicted octanol–water partition coefficient (Wildman–Crippen LogP) is 30.2. The van der Waals surface area contributed by atoms with Crippen molar-refractivity contribution in [3.05, 3.63) is 377 Å². The second-order valence-corrected chi connectivity index (χ2v) is 41.1. The van der Waals surface area contributed by atoms with Crippen LogP contribution in [0.25, 0.3) is 54.5 Å².